The van der Waals surface area contributed by atoms with Crippen LogP contribution in [0.25, 0.3) is 0 Å². The summed E-state index contributed by atoms with van der Waals surface area (Å²) in [5.74, 6) is 0.781. The highest BCUT2D eigenvalue weighted by molar-refractivity contribution is 5.48. The quantitative estimate of drug-likeness (QED) is 0.650. The molecule has 0 aliphatic carbocycles. The Labute approximate surface area is 109 Å². The van der Waals surface area contributed by atoms with Gasteiger partial charge in [-0.05, 0) is 17.7 Å². The molecule has 0 amide bonds. The first-order valence-electron chi connectivity index (χ1n) is 5.59. The number of hydrogen-bond donors (Lipinski definition) is 1. The van der Waals surface area contributed by atoms with Crippen LogP contribution in [0.3, 0.4) is 0 Å². The van der Waals surface area contributed by atoms with Gasteiger partial charge in [-0.1, -0.05) is 0 Å². The molecule has 0 aliphatic heterocycles. The van der Waals surface area contributed by atoms with Crippen molar-refractivity contribution in [2.75, 3.05) is 0 Å². The average Bonchev–Trinajstić information content (AvgIpc) is 2.81. The molecule has 0 fully saturated rings. The number of aliphatic hydroxyl groups excluding tert-OH is 1. The molecule has 19 heavy (non-hydrogen) atoms. The highest BCUT2D eigenvalue weighted by Gasteiger charge is 2.16. The smallest absolute Gasteiger partial charge is 0.310 e. The predicted molar refractivity (Wildman–Crippen MR) is 66.6 cm³/mol. The molecule has 2 aromatic rings. The van der Waals surface area contributed by atoms with E-state index in [0.717, 1.165) is 0 Å². The topological polar surface area (TPSA) is 90.4 Å². The highest BCUT2D eigenvalue weighted by Crippen LogP contribution is 2.28. The van der Waals surface area contributed by atoms with E-state index in [1.807, 2.05) is 7.05 Å². The van der Waals surface area contributed by atoms with Gasteiger partial charge >= 0.3 is 5.69 Å². The molecule has 0 bridgehead atoms. The van der Waals surface area contributed by atoms with Crippen LogP contribution in [-0.4, -0.2) is 19.6 Å². The molecule has 0 saturated heterocycles. The minimum atomic E-state index is -0.519. The second kappa shape index (κ2) is 5.49. The summed E-state index contributed by atoms with van der Waals surface area (Å²) < 4.78 is 7.20. The number of nitro benzene ring substituents is 1. The van der Waals surface area contributed by atoms with E-state index in [4.69, 9.17) is 9.84 Å². The van der Waals surface area contributed by atoms with Gasteiger partial charge in [0, 0.05) is 25.5 Å². The molecule has 1 aromatic carbocycles. The zero-order valence-electron chi connectivity index (χ0n) is 10.3. The van der Waals surface area contributed by atoms with E-state index in [0.29, 0.717) is 11.4 Å². The average molecular weight is 263 g/mol. The van der Waals surface area contributed by atoms with Crippen LogP contribution in [0.1, 0.15) is 11.4 Å². The first kappa shape index (κ1) is 13.0. The van der Waals surface area contributed by atoms with Crippen molar-refractivity contribution >= 4 is 5.69 Å². The lowest BCUT2D eigenvalue weighted by Crippen LogP contribution is -2.05. The maximum absolute atomic E-state index is 10.9. The van der Waals surface area contributed by atoms with Crippen molar-refractivity contribution in [1.82, 2.24) is 9.55 Å². The molecule has 1 N–H and O–H groups in total. The number of benzene rings is 1. The van der Waals surface area contributed by atoms with Crippen LogP contribution in [0.15, 0.2) is 30.6 Å². The molecule has 1 aromatic heterocycles. The Morgan fingerprint density at radius 2 is 2.32 bits per heavy atom. The van der Waals surface area contributed by atoms with Crippen LogP contribution in [0.4, 0.5) is 5.69 Å². The largest absolute Gasteiger partial charge is 0.479 e. The Bertz CT molecular complexity index is 594. The van der Waals surface area contributed by atoms with E-state index in [2.05, 4.69) is 4.98 Å². The molecule has 0 unspecified atom stereocenters. The predicted octanol–water partition coefficient (Wildman–Crippen LogP) is 1.40. The number of imidazole rings is 1. The molecular formula is C12H13N3O4. The molecule has 2 rings (SSSR count). The van der Waals surface area contributed by atoms with E-state index in [9.17, 15) is 10.1 Å². The lowest BCUT2D eigenvalue weighted by molar-refractivity contribution is -0.386. The summed E-state index contributed by atoms with van der Waals surface area (Å²) in [7, 11) is 1.81. The summed E-state index contributed by atoms with van der Waals surface area (Å²) in [6, 6.07) is 4.27. The van der Waals surface area contributed by atoms with Gasteiger partial charge in [-0.15, -0.1) is 0 Å². The Morgan fingerprint density at radius 1 is 1.53 bits per heavy atom. The molecule has 0 aliphatic rings. The maximum atomic E-state index is 10.9. The van der Waals surface area contributed by atoms with Crippen LogP contribution >= 0.6 is 0 Å². The monoisotopic (exact) mass is 263 g/mol. The molecule has 0 spiro atoms. The van der Waals surface area contributed by atoms with E-state index in [-0.39, 0.29) is 24.7 Å². The third-order valence-corrected chi connectivity index (χ3v) is 2.68. The molecule has 7 heteroatoms. The molecule has 1 heterocycles. The SMILES string of the molecule is Cn1ccnc1COc1cc(CO)ccc1[N+](=O)[O-]. The number of rotatable bonds is 5. The van der Waals surface area contributed by atoms with Gasteiger partial charge in [0.2, 0.25) is 0 Å². The fraction of sp³-hybridized carbons (Fsp3) is 0.250. The summed E-state index contributed by atoms with van der Waals surface area (Å²) in [5.41, 5.74) is 0.423. The van der Waals surface area contributed by atoms with Crippen LogP contribution in [0, 0.1) is 10.1 Å². The minimum Gasteiger partial charge on any atom is -0.479 e. The number of aryl methyl sites for hydroxylation is 1. The molecule has 100 valence electrons. The summed E-state index contributed by atoms with van der Waals surface area (Å²) >= 11 is 0. The first-order chi connectivity index (χ1) is 9.11. The lowest BCUT2D eigenvalue weighted by Gasteiger charge is -2.08. The van der Waals surface area contributed by atoms with Crippen molar-refractivity contribution in [3.63, 3.8) is 0 Å². The van der Waals surface area contributed by atoms with Crippen molar-refractivity contribution in [2.24, 2.45) is 7.05 Å². The van der Waals surface area contributed by atoms with Gasteiger partial charge in [0.05, 0.1) is 11.5 Å². The van der Waals surface area contributed by atoms with Crippen LogP contribution in [-0.2, 0) is 20.3 Å². The van der Waals surface area contributed by atoms with Crippen molar-refractivity contribution in [3.8, 4) is 5.75 Å². The van der Waals surface area contributed by atoms with Gasteiger partial charge in [-0.2, -0.15) is 0 Å². The summed E-state index contributed by atoms with van der Waals surface area (Å²) in [5, 5.41) is 19.9. The zero-order chi connectivity index (χ0) is 13.8. The lowest BCUT2D eigenvalue weighted by atomic mass is 10.2. The fourth-order valence-electron chi connectivity index (χ4n) is 1.60. The fourth-order valence-corrected chi connectivity index (χ4v) is 1.60. The Balaban J connectivity index is 2.22. The number of ether oxygens (including phenoxy) is 1. The maximum Gasteiger partial charge on any atom is 0.310 e. The molecule has 0 radical (unpaired) electrons. The summed E-state index contributed by atoms with van der Waals surface area (Å²) in [4.78, 5) is 14.4. The molecular weight excluding hydrogens is 250 g/mol. The van der Waals surface area contributed by atoms with Crippen molar-refractivity contribution in [1.29, 1.82) is 0 Å². The number of nitrogens with zero attached hydrogens (tertiary/aromatic N) is 3. The van der Waals surface area contributed by atoms with Gasteiger partial charge in [-0.25, -0.2) is 4.98 Å². The molecule has 0 saturated carbocycles. The summed E-state index contributed by atoms with van der Waals surface area (Å²) in [6.45, 7) is -0.0734. The molecule has 0 atom stereocenters. The number of aliphatic hydroxyl groups is 1. The van der Waals surface area contributed by atoms with E-state index >= 15 is 0 Å². The van der Waals surface area contributed by atoms with Gasteiger partial charge in [0.25, 0.3) is 0 Å². The van der Waals surface area contributed by atoms with Crippen molar-refractivity contribution in [3.05, 3.63) is 52.1 Å². The van der Waals surface area contributed by atoms with Gasteiger partial charge in [-0.3, -0.25) is 10.1 Å². The van der Waals surface area contributed by atoms with Crippen LogP contribution in [0.2, 0.25) is 0 Å². The van der Waals surface area contributed by atoms with Gasteiger partial charge in [0.1, 0.15) is 12.4 Å². The van der Waals surface area contributed by atoms with E-state index in [1.165, 1.54) is 18.2 Å². The Morgan fingerprint density at radius 3 is 2.89 bits per heavy atom. The minimum absolute atomic E-state index is 0.124. The van der Waals surface area contributed by atoms with E-state index in [1.54, 1.807) is 17.0 Å². The van der Waals surface area contributed by atoms with Crippen LogP contribution in [0.5, 0.6) is 5.75 Å². The number of aromatic nitrogens is 2. The second-order valence-corrected chi connectivity index (χ2v) is 3.96. The van der Waals surface area contributed by atoms with E-state index < -0.39 is 4.92 Å². The number of hydrogen-bond acceptors (Lipinski definition) is 5. The third-order valence-electron chi connectivity index (χ3n) is 2.68. The highest BCUT2D eigenvalue weighted by atomic mass is 16.6. The first-order valence-corrected chi connectivity index (χ1v) is 5.59. The molecule has 7 nitrogen and oxygen atoms in total. The van der Waals surface area contributed by atoms with Crippen molar-refractivity contribution in [2.45, 2.75) is 13.2 Å². The second-order valence-electron chi connectivity index (χ2n) is 3.96. The van der Waals surface area contributed by atoms with Gasteiger partial charge < -0.3 is 14.4 Å². The number of nitro groups is 1. The van der Waals surface area contributed by atoms with Crippen molar-refractivity contribution < 1.29 is 14.8 Å². The van der Waals surface area contributed by atoms with Gasteiger partial charge in [0.15, 0.2) is 5.75 Å². The standard InChI is InChI=1S/C12H13N3O4/c1-14-5-4-13-12(14)8-19-11-6-9(7-16)2-3-10(11)15(17)18/h2-6,16H,7-8H2,1H3. The Hall–Kier alpha value is -2.41. The normalized spacial score (nSPS) is 10.4. The zero-order valence-corrected chi connectivity index (χ0v) is 10.3. The third kappa shape index (κ3) is 2.89. The van der Waals surface area contributed by atoms with Crippen LogP contribution < -0.4 is 4.74 Å². The summed E-state index contributed by atoms with van der Waals surface area (Å²) in [6.07, 6.45) is 3.38. The Kier molecular flexibility index (Phi) is 3.76.